The Labute approximate surface area is 122 Å². The fourth-order valence-electron chi connectivity index (χ4n) is 2.88. The van der Waals surface area contributed by atoms with Crippen LogP contribution < -0.4 is 5.32 Å². The Balaban J connectivity index is 2.29. The van der Waals surface area contributed by atoms with Gasteiger partial charge < -0.3 is 9.88 Å². The summed E-state index contributed by atoms with van der Waals surface area (Å²) in [7, 11) is 2.02. The number of benzene rings is 1. The fourth-order valence-corrected chi connectivity index (χ4v) is 2.88. The highest BCUT2D eigenvalue weighted by atomic mass is 15.0. The third-order valence-corrected chi connectivity index (χ3v) is 3.78. The molecule has 2 aromatic rings. The topological polar surface area (TPSA) is 29.9 Å². The van der Waals surface area contributed by atoms with E-state index in [1.807, 2.05) is 17.9 Å². The van der Waals surface area contributed by atoms with Crippen LogP contribution in [0.2, 0.25) is 0 Å². The highest BCUT2D eigenvalue weighted by Crippen LogP contribution is 2.23. The standard InChI is InChI=1S/C17H25N3/c1-6-18-16(17-10-20(5)11-19-17)9-15-13(3)7-12(2)8-14(15)4/h7-8,10-11,16,18H,6,9H2,1-5H3. The van der Waals surface area contributed by atoms with Crippen molar-refractivity contribution in [1.29, 1.82) is 0 Å². The van der Waals surface area contributed by atoms with Crippen LogP contribution in [0.3, 0.4) is 0 Å². The number of imidazole rings is 1. The van der Waals surface area contributed by atoms with Crippen LogP contribution >= 0.6 is 0 Å². The van der Waals surface area contributed by atoms with Crippen LogP contribution in [0.1, 0.15) is 40.9 Å². The molecule has 0 aliphatic heterocycles. The van der Waals surface area contributed by atoms with Gasteiger partial charge in [0.2, 0.25) is 0 Å². The van der Waals surface area contributed by atoms with E-state index in [1.54, 1.807) is 0 Å². The summed E-state index contributed by atoms with van der Waals surface area (Å²) in [6.07, 6.45) is 4.96. The predicted molar refractivity (Wildman–Crippen MR) is 84.0 cm³/mol. The van der Waals surface area contributed by atoms with Crippen LogP contribution in [0.25, 0.3) is 0 Å². The van der Waals surface area contributed by atoms with Crippen LogP contribution in [0, 0.1) is 20.8 Å². The molecule has 0 saturated carbocycles. The lowest BCUT2D eigenvalue weighted by molar-refractivity contribution is 0.536. The second kappa shape index (κ2) is 6.23. The zero-order chi connectivity index (χ0) is 14.7. The van der Waals surface area contributed by atoms with Crippen molar-refractivity contribution in [2.75, 3.05) is 6.54 Å². The zero-order valence-electron chi connectivity index (χ0n) is 13.2. The van der Waals surface area contributed by atoms with E-state index in [2.05, 4.69) is 56.3 Å². The van der Waals surface area contributed by atoms with Gasteiger partial charge in [-0.15, -0.1) is 0 Å². The van der Waals surface area contributed by atoms with Crippen molar-refractivity contribution in [3.05, 3.63) is 52.6 Å². The van der Waals surface area contributed by atoms with Gasteiger partial charge >= 0.3 is 0 Å². The quantitative estimate of drug-likeness (QED) is 0.904. The minimum Gasteiger partial charge on any atom is -0.340 e. The minimum atomic E-state index is 0.279. The molecule has 1 aromatic carbocycles. The van der Waals surface area contributed by atoms with Crippen molar-refractivity contribution in [3.8, 4) is 0 Å². The molecule has 0 aliphatic carbocycles. The van der Waals surface area contributed by atoms with Gasteiger partial charge in [-0.3, -0.25) is 0 Å². The van der Waals surface area contributed by atoms with E-state index < -0.39 is 0 Å². The largest absolute Gasteiger partial charge is 0.340 e. The summed E-state index contributed by atoms with van der Waals surface area (Å²) < 4.78 is 2.01. The minimum absolute atomic E-state index is 0.279. The van der Waals surface area contributed by atoms with Gasteiger partial charge in [-0.25, -0.2) is 4.98 Å². The lowest BCUT2D eigenvalue weighted by atomic mass is 9.93. The average Bonchev–Trinajstić information content (AvgIpc) is 2.79. The molecular weight excluding hydrogens is 246 g/mol. The van der Waals surface area contributed by atoms with E-state index in [4.69, 9.17) is 0 Å². The highest BCUT2D eigenvalue weighted by molar-refractivity contribution is 5.38. The summed E-state index contributed by atoms with van der Waals surface area (Å²) in [5.74, 6) is 0. The maximum atomic E-state index is 4.51. The summed E-state index contributed by atoms with van der Waals surface area (Å²) in [4.78, 5) is 4.51. The molecule has 1 aromatic heterocycles. The van der Waals surface area contributed by atoms with Gasteiger partial charge in [0.05, 0.1) is 18.1 Å². The maximum absolute atomic E-state index is 4.51. The summed E-state index contributed by atoms with van der Waals surface area (Å²) in [6.45, 7) is 9.66. The lowest BCUT2D eigenvalue weighted by Crippen LogP contribution is -2.24. The molecule has 1 atom stereocenters. The first-order chi connectivity index (χ1) is 9.51. The van der Waals surface area contributed by atoms with Crippen molar-refractivity contribution in [3.63, 3.8) is 0 Å². The number of aromatic nitrogens is 2. The molecule has 0 spiro atoms. The van der Waals surface area contributed by atoms with E-state index in [-0.39, 0.29) is 6.04 Å². The second-order valence-electron chi connectivity index (χ2n) is 5.66. The first-order valence-corrected chi connectivity index (χ1v) is 7.29. The van der Waals surface area contributed by atoms with Crippen molar-refractivity contribution < 1.29 is 0 Å². The maximum Gasteiger partial charge on any atom is 0.0947 e. The summed E-state index contributed by atoms with van der Waals surface area (Å²) in [5, 5.41) is 3.55. The number of nitrogens with zero attached hydrogens (tertiary/aromatic N) is 2. The molecule has 0 fully saturated rings. The molecule has 0 aliphatic rings. The average molecular weight is 271 g/mol. The molecule has 1 heterocycles. The Kier molecular flexibility index (Phi) is 4.61. The molecule has 1 N–H and O–H groups in total. The van der Waals surface area contributed by atoms with Gasteiger partial charge in [0.25, 0.3) is 0 Å². The number of aryl methyl sites for hydroxylation is 4. The molecule has 20 heavy (non-hydrogen) atoms. The molecule has 108 valence electrons. The Morgan fingerprint density at radius 2 is 1.85 bits per heavy atom. The number of rotatable bonds is 5. The van der Waals surface area contributed by atoms with Gasteiger partial charge in [-0.05, 0) is 50.4 Å². The van der Waals surface area contributed by atoms with Crippen molar-refractivity contribution in [2.45, 2.75) is 40.2 Å². The second-order valence-corrected chi connectivity index (χ2v) is 5.66. The van der Waals surface area contributed by atoms with Gasteiger partial charge in [0.1, 0.15) is 0 Å². The SMILES string of the molecule is CCNC(Cc1c(C)cc(C)cc1C)c1cn(C)cn1. The lowest BCUT2D eigenvalue weighted by Gasteiger charge is -2.19. The number of nitrogens with one attached hydrogen (secondary N) is 1. The molecule has 3 heteroatoms. The Hall–Kier alpha value is -1.61. The molecule has 2 rings (SSSR count). The van der Waals surface area contributed by atoms with Crippen LogP contribution in [-0.4, -0.2) is 16.1 Å². The van der Waals surface area contributed by atoms with Crippen LogP contribution in [0.5, 0.6) is 0 Å². The Morgan fingerprint density at radius 3 is 2.35 bits per heavy atom. The molecule has 1 unspecified atom stereocenters. The zero-order valence-corrected chi connectivity index (χ0v) is 13.2. The van der Waals surface area contributed by atoms with Gasteiger partial charge in [-0.2, -0.15) is 0 Å². The van der Waals surface area contributed by atoms with Crippen LogP contribution in [-0.2, 0) is 13.5 Å². The number of hydrogen-bond acceptors (Lipinski definition) is 2. The van der Waals surface area contributed by atoms with E-state index in [9.17, 15) is 0 Å². The van der Waals surface area contributed by atoms with Crippen molar-refractivity contribution in [1.82, 2.24) is 14.9 Å². The summed E-state index contributed by atoms with van der Waals surface area (Å²) in [5.41, 5.74) is 6.64. The number of hydrogen-bond donors (Lipinski definition) is 1. The van der Waals surface area contributed by atoms with Gasteiger partial charge in [0.15, 0.2) is 0 Å². The first-order valence-electron chi connectivity index (χ1n) is 7.29. The monoisotopic (exact) mass is 271 g/mol. The molecule has 0 amide bonds. The number of likely N-dealkylation sites (N-methyl/N-ethyl adjacent to an activating group) is 1. The Morgan fingerprint density at radius 1 is 1.20 bits per heavy atom. The molecule has 0 saturated heterocycles. The summed E-state index contributed by atoms with van der Waals surface area (Å²) >= 11 is 0. The van der Waals surface area contributed by atoms with Crippen LogP contribution in [0.4, 0.5) is 0 Å². The third-order valence-electron chi connectivity index (χ3n) is 3.78. The van der Waals surface area contributed by atoms with E-state index in [0.717, 1.165) is 18.7 Å². The van der Waals surface area contributed by atoms with Crippen molar-refractivity contribution in [2.24, 2.45) is 7.05 Å². The highest BCUT2D eigenvalue weighted by Gasteiger charge is 2.16. The van der Waals surface area contributed by atoms with Crippen molar-refractivity contribution >= 4 is 0 Å². The molecular formula is C17H25N3. The predicted octanol–water partition coefficient (Wildman–Crippen LogP) is 3.24. The van der Waals surface area contributed by atoms with E-state index >= 15 is 0 Å². The molecule has 3 nitrogen and oxygen atoms in total. The first kappa shape index (κ1) is 14.8. The smallest absolute Gasteiger partial charge is 0.0947 e. The van der Waals surface area contributed by atoms with Crippen LogP contribution in [0.15, 0.2) is 24.7 Å². The molecule has 0 bridgehead atoms. The van der Waals surface area contributed by atoms with E-state index in [0.29, 0.717) is 0 Å². The summed E-state index contributed by atoms with van der Waals surface area (Å²) in [6, 6.07) is 4.81. The van der Waals surface area contributed by atoms with Gasteiger partial charge in [0, 0.05) is 13.2 Å². The third kappa shape index (κ3) is 3.28. The fraction of sp³-hybridized carbons (Fsp3) is 0.471. The Bertz CT molecular complexity index is 561. The molecule has 0 radical (unpaired) electrons. The van der Waals surface area contributed by atoms with E-state index in [1.165, 1.54) is 22.3 Å². The van der Waals surface area contributed by atoms with Gasteiger partial charge in [-0.1, -0.05) is 24.6 Å². The normalized spacial score (nSPS) is 12.7.